The second-order valence-electron chi connectivity index (χ2n) is 26.0. The van der Waals surface area contributed by atoms with Crippen LogP contribution in [0.25, 0.3) is 21.8 Å². The summed E-state index contributed by atoms with van der Waals surface area (Å²) in [6.07, 6.45) is 14.3. The third-order valence-corrected chi connectivity index (χ3v) is 19.4. The lowest BCUT2D eigenvalue weighted by Crippen LogP contribution is -2.46. The van der Waals surface area contributed by atoms with Gasteiger partial charge in [0.15, 0.2) is 23.0 Å². The third kappa shape index (κ3) is 13.4. The van der Waals surface area contributed by atoms with Crippen LogP contribution in [0.4, 0.5) is 31.5 Å². The van der Waals surface area contributed by atoms with Crippen molar-refractivity contribution >= 4 is 68.2 Å². The number of pyridine rings is 2. The molecule has 6 aromatic carbocycles. The molecule has 0 bridgehead atoms. The summed E-state index contributed by atoms with van der Waals surface area (Å²) >= 11 is 0. The highest BCUT2D eigenvalue weighted by atomic mass is 19.1. The number of aromatic nitrogens is 2. The fourth-order valence-corrected chi connectivity index (χ4v) is 13.0. The molecular formula is C73H74F2N8O11. The Morgan fingerprint density at radius 2 is 0.947 bits per heavy atom. The van der Waals surface area contributed by atoms with E-state index >= 15 is 8.78 Å². The van der Waals surface area contributed by atoms with E-state index in [0.29, 0.717) is 113 Å². The van der Waals surface area contributed by atoms with Crippen LogP contribution in [-0.2, 0) is 23.9 Å². The van der Waals surface area contributed by atoms with E-state index in [4.69, 9.17) is 33.2 Å². The Morgan fingerprint density at radius 3 is 1.41 bits per heavy atom. The Kier molecular flexibility index (Phi) is 17.0. The van der Waals surface area contributed by atoms with Crippen molar-refractivity contribution < 1.29 is 61.1 Å². The van der Waals surface area contributed by atoms with Crippen molar-refractivity contribution in [1.29, 1.82) is 0 Å². The average molecular weight is 1280 g/mol. The minimum absolute atomic E-state index is 0.0691. The lowest BCUT2D eigenvalue weighted by atomic mass is 9.81. The van der Waals surface area contributed by atoms with Gasteiger partial charge >= 0.3 is 0 Å². The Balaban J connectivity index is 0.543. The van der Waals surface area contributed by atoms with E-state index in [0.717, 1.165) is 83.0 Å². The van der Waals surface area contributed by atoms with Crippen LogP contribution in [0.15, 0.2) is 140 Å². The standard InChI is InChI=1S/C73H74F2N8O11/c1-88-62-38-52-58(76-31-19-60(52)93-50-15-17-56(54(74)36-50)80-68(86)72(27-28-72)66(84)78-46-8-4-3-5-9-46)40-64(62)91-42-70(23-24-70)82-47-13-11-44(12-14-47)45-7-6-10-49(35-45)79-67(85)73(29-30-73)69(87)81-57-18-16-51(37-55(57)75)94-61-20-32-77-59-41-65(63(89-2)39-53(59)61)92-43-71(25-26-71)83-48-21-33-90-34-22-48/h3-10,15-20,31-32,35-41,44,47-48,82-83H,11-14,21-30,33-34,42-43H2,1-2H3,(H,78,84)(H,79,85)(H,80,86)(H,81,87). The number of fused-ring (bicyclic) bond motifs is 2. The molecule has 486 valence electrons. The van der Waals surface area contributed by atoms with Crippen LogP contribution in [0.5, 0.6) is 46.0 Å². The smallest absolute Gasteiger partial charge is 0.240 e. The zero-order chi connectivity index (χ0) is 64.6. The molecule has 6 fully saturated rings. The van der Waals surface area contributed by atoms with E-state index in [1.165, 1.54) is 24.3 Å². The van der Waals surface area contributed by atoms with E-state index in [-0.39, 0.29) is 45.9 Å². The maximum Gasteiger partial charge on any atom is 0.240 e. The van der Waals surface area contributed by atoms with E-state index in [1.54, 1.807) is 87.3 Å². The summed E-state index contributed by atoms with van der Waals surface area (Å²) in [5, 5.41) is 20.1. The molecule has 0 atom stereocenters. The number of halogens is 2. The van der Waals surface area contributed by atoms with Crippen LogP contribution in [0, 0.1) is 22.5 Å². The second-order valence-corrected chi connectivity index (χ2v) is 26.0. The zero-order valence-electron chi connectivity index (χ0n) is 52.4. The number of nitrogens with one attached hydrogen (secondary N) is 6. The summed E-state index contributed by atoms with van der Waals surface area (Å²) in [6.45, 7) is 2.44. The molecule has 5 saturated carbocycles. The molecule has 2 aromatic heterocycles. The van der Waals surface area contributed by atoms with Crippen LogP contribution < -0.4 is 60.3 Å². The molecule has 6 aliphatic rings. The Labute approximate surface area is 542 Å². The first-order valence-corrected chi connectivity index (χ1v) is 32.4. The highest BCUT2D eigenvalue weighted by molar-refractivity contribution is 6.18. The van der Waals surface area contributed by atoms with Crippen molar-refractivity contribution in [2.45, 2.75) is 119 Å². The molecule has 0 spiro atoms. The molecule has 21 heteroatoms. The second kappa shape index (κ2) is 25.8. The topological polar surface area (TPSA) is 231 Å². The number of rotatable bonds is 25. The number of nitrogens with zero attached hydrogens (tertiary/aromatic N) is 2. The van der Waals surface area contributed by atoms with Crippen molar-refractivity contribution in [2.24, 2.45) is 10.8 Å². The molecule has 0 unspecified atom stereocenters. The Morgan fingerprint density at radius 1 is 0.479 bits per heavy atom. The predicted molar refractivity (Wildman–Crippen MR) is 350 cm³/mol. The van der Waals surface area contributed by atoms with Gasteiger partial charge in [0.25, 0.3) is 0 Å². The molecule has 8 aromatic rings. The largest absolute Gasteiger partial charge is 0.493 e. The van der Waals surface area contributed by atoms with Crippen LogP contribution in [0.3, 0.4) is 0 Å². The number of amides is 4. The van der Waals surface area contributed by atoms with Gasteiger partial charge in [-0.15, -0.1) is 0 Å². The average Bonchev–Trinajstić information content (AvgIpc) is 1.81. The molecular weight excluding hydrogens is 1200 g/mol. The minimum atomic E-state index is -1.34. The maximum absolute atomic E-state index is 15.8. The number of methoxy groups -OCH3 is 2. The van der Waals surface area contributed by atoms with E-state index in [9.17, 15) is 19.2 Å². The quantitative estimate of drug-likeness (QED) is 0.0292. The van der Waals surface area contributed by atoms with Crippen molar-refractivity contribution in [3.8, 4) is 46.0 Å². The first-order valence-electron chi connectivity index (χ1n) is 32.4. The van der Waals surface area contributed by atoms with Gasteiger partial charge < -0.3 is 65.1 Å². The first-order chi connectivity index (χ1) is 45.7. The summed E-state index contributed by atoms with van der Waals surface area (Å²) in [7, 11) is 3.14. The van der Waals surface area contributed by atoms with Gasteiger partial charge in [-0.2, -0.15) is 0 Å². The molecule has 3 heterocycles. The molecule has 0 radical (unpaired) electrons. The van der Waals surface area contributed by atoms with Crippen LogP contribution in [0.1, 0.15) is 101 Å². The van der Waals surface area contributed by atoms with Gasteiger partial charge in [0.1, 0.15) is 58.7 Å². The summed E-state index contributed by atoms with van der Waals surface area (Å²) in [5.41, 5.74) is 0.451. The number of hydrogen-bond donors (Lipinski definition) is 6. The summed E-state index contributed by atoms with van der Waals surface area (Å²) in [4.78, 5) is 63.3. The van der Waals surface area contributed by atoms with Crippen molar-refractivity contribution in [2.75, 3.05) is 61.9 Å². The van der Waals surface area contributed by atoms with Crippen LogP contribution in [0.2, 0.25) is 0 Å². The molecule has 1 saturated heterocycles. The molecule has 14 rings (SSSR count). The lowest BCUT2D eigenvalue weighted by Gasteiger charge is -2.33. The van der Waals surface area contributed by atoms with Gasteiger partial charge in [0.2, 0.25) is 23.6 Å². The van der Waals surface area contributed by atoms with Crippen LogP contribution in [-0.4, -0.2) is 97.4 Å². The number of carbonyl (C=O) groups is 4. The Bertz CT molecular complexity index is 4200. The van der Waals surface area contributed by atoms with Crippen molar-refractivity contribution in [3.05, 3.63) is 157 Å². The van der Waals surface area contributed by atoms with Gasteiger partial charge in [0.05, 0.1) is 47.7 Å². The minimum Gasteiger partial charge on any atom is -0.493 e. The first kappa shape index (κ1) is 62.0. The normalized spacial score (nSPS) is 19.4. The third-order valence-electron chi connectivity index (χ3n) is 19.4. The summed E-state index contributed by atoms with van der Waals surface area (Å²) in [5.74, 6) is 0.103. The van der Waals surface area contributed by atoms with Gasteiger partial charge in [-0.1, -0.05) is 30.3 Å². The lowest BCUT2D eigenvalue weighted by molar-refractivity contribution is -0.132. The molecule has 1 aliphatic heterocycles. The highest BCUT2D eigenvalue weighted by Gasteiger charge is 2.58. The van der Waals surface area contributed by atoms with E-state index in [1.807, 2.05) is 36.4 Å². The monoisotopic (exact) mass is 1280 g/mol. The van der Waals surface area contributed by atoms with Crippen molar-refractivity contribution in [1.82, 2.24) is 20.6 Å². The molecule has 19 nitrogen and oxygen atoms in total. The number of anilines is 4. The number of para-hydroxylation sites is 1. The number of ether oxygens (including phenoxy) is 7. The van der Waals surface area contributed by atoms with E-state index in [2.05, 4.69) is 47.9 Å². The van der Waals surface area contributed by atoms with Gasteiger partial charge in [0, 0.05) is 84.1 Å². The fraction of sp³-hybridized carbons (Fsp3) is 0.370. The van der Waals surface area contributed by atoms with E-state index < -0.39 is 46.1 Å². The zero-order valence-corrected chi connectivity index (χ0v) is 52.4. The van der Waals surface area contributed by atoms with Crippen molar-refractivity contribution in [3.63, 3.8) is 0 Å². The van der Waals surface area contributed by atoms with Gasteiger partial charge in [-0.25, -0.2) is 8.78 Å². The number of carbonyl (C=O) groups excluding carboxylic acids is 4. The predicted octanol–water partition coefficient (Wildman–Crippen LogP) is 13.3. The molecule has 5 aliphatic carbocycles. The molecule has 4 amide bonds. The molecule has 6 N–H and O–H groups in total. The number of benzene rings is 6. The fourth-order valence-electron chi connectivity index (χ4n) is 13.0. The van der Waals surface area contributed by atoms with Gasteiger partial charge in [-0.05, 0) is 174 Å². The highest BCUT2D eigenvalue weighted by Crippen LogP contribution is 2.50. The SMILES string of the molecule is COc1cc2c(Oc3ccc(NC(=O)C4(C(=O)Nc5cccc(C6CCC(NC7(COc8cc9nccc(Oc%10ccc(NC(=O)C%11(C(=O)Nc%12ccccc%12)CC%11)c(F)c%10)c9cc8OC)CC7)CC6)c5)CC4)c(F)c3)ccnc2cc1OCC1(NC2CCOCC2)CC1. The Hall–Kier alpha value is -9.44. The summed E-state index contributed by atoms with van der Waals surface area (Å²) < 4.78 is 73.8. The molecule has 94 heavy (non-hydrogen) atoms. The summed E-state index contributed by atoms with van der Waals surface area (Å²) in [6, 6.07) is 36.3. The number of hydrogen-bond acceptors (Lipinski definition) is 15. The van der Waals surface area contributed by atoms with Crippen LogP contribution >= 0.6 is 0 Å². The van der Waals surface area contributed by atoms with Gasteiger partial charge in [-0.3, -0.25) is 29.1 Å². The maximum atomic E-state index is 15.8.